The fraction of sp³-hybridized carbons (Fsp3) is 0.714. The fourth-order valence-electron chi connectivity index (χ4n) is 2.49. The molecule has 0 unspecified atom stereocenters. The molecule has 0 saturated heterocycles. The molecular weight excluding hydrogens is 242 g/mol. The van der Waals surface area contributed by atoms with E-state index in [0.29, 0.717) is 13.2 Å². The van der Waals surface area contributed by atoms with E-state index >= 15 is 0 Å². The highest BCUT2D eigenvalue weighted by Crippen LogP contribution is 2.15. The van der Waals surface area contributed by atoms with E-state index in [9.17, 15) is 4.79 Å². The van der Waals surface area contributed by atoms with Crippen molar-refractivity contribution in [2.24, 2.45) is 5.92 Å². The maximum Gasteiger partial charge on any atom is 0.223 e. The SMILES string of the molecule is CCC(CC)C(=O)NCCn1ncc2c1CCOC2. The number of amides is 1. The highest BCUT2D eigenvalue weighted by atomic mass is 16.5. The lowest BCUT2D eigenvalue weighted by Crippen LogP contribution is -2.33. The number of carbonyl (C=O) groups is 1. The van der Waals surface area contributed by atoms with Crippen LogP contribution < -0.4 is 5.32 Å². The second-order valence-corrected chi connectivity index (χ2v) is 4.95. The van der Waals surface area contributed by atoms with Gasteiger partial charge in [0.05, 0.1) is 26.0 Å². The molecule has 5 heteroatoms. The largest absolute Gasteiger partial charge is 0.376 e. The Balaban J connectivity index is 1.83. The van der Waals surface area contributed by atoms with Gasteiger partial charge in [-0.15, -0.1) is 0 Å². The van der Waals surface area contributed by atoms with Gasteiger partial charge in [-0.25, -0.2) is 0 Å². The van der Waals surface area contributed by atoms with E-state index in [1.807, 2.05) is 10.9 Å². The third-order valence-electron chi connectivity index (χ3n) is 3.76. The van der Waals surface area contributed by atoms with Crippen LogP contribution >= 0.6 is 0 Å². The third-order valence-corrected chi connectivity index (χ3v) is 3.76. The van der Waals surface area contributed by atoms with Crippen molar-refractivity contribution in [3.05, 3.63) is 17.5 Å². The molecule has 2 rings (SSSR count). The Hall–Kier alpha value is -1.36. The standard InChI is InChI=1S/C14H23N3O2/c1-3-11(4-2)14(18)15-6-7-17-13-5-8-19-10-12(13)9-16-17/h9,11H,3-8,10H2,1-2H3,(H,15,18). The van der Waals surface area contributed by atoms with Crippen molar-refractivity contribution in [1.82, 2.24) is 15.1 Å². The zero-order valence-electron chi connectivity index (χ0n) is 11.8. The van der Waals surface area contributed by atoms with Gasteiger partial charge in [0, 0.05) is 30.1 Å². The number of fused-ring (bicyclic) bond motifs is 1. The Morgan fingerprint density at radius 3 is 3.05 bits per heavy atom. The van der Waals surface area contributed by atoms with Crippen molar-refractivity contribution in [1.29, 1.82) is 0 Å². The van der Waals surface area contributed by atoms with Gasteiger partial charge in [0.1, 0.15) is 0 Å². The van der Waals surface area contributed by atoms with Crippen LogP contribution in [0.15, 0.2) is 6.20 Å². The number of hydrogen-bond acceptors (Lipinski definition) is 3. The van der Waals surface area contributed by atoms with Gasteiger partial charge >= 0.3 is 0 Å². The molecule has 0 aliphatic carbocycles. The van der Waals surface area contributed by atoms with Gasteiger partial charge in [0.15, 0.2) is 0 Å². The molecule has 5 nitrogen and oxygen atoms in total. The highest BCUT2D eigenvalue weighted by Gasteiger charge is 2.16. The minimum Gasteiger partial charge on any atom is -0.376 e. The molecule has 19 heavy (non-hydrogen) atoms. The van der Waals surface area contributed by atoms with Crippen LogP contribution in [-0.4, -0.2) is 28.8 Å². The molecular formula is C14H23N3O2. The second-order valence-electron chi connectivity index (χ2n) is 4.95. The average Bonchev–Trinajstić information content (AvgIpc) is 2.84. The normalized spacial score (nSPS) is 14.5. The van der Waals surface area contributed by atoms with E-state index in [2.05, 4.69) is 24.3 Å². The van der Waals surface area contributed by atoms with Crippen molar-refractivity contribution in [3.8, 4) is 0 Å². The first-order chi connectivity index (χ1) is 9.26. The molecule has 0 spiro atoms. The number of ether oxygens (including phenoxy) is 1. The lowest BCUT2D eigenvalue weighted by atomic mass is 10.0. The van der Waals surface area contributed by atoms with E-state index in [1.165, 1.54) is 11.3 Å². The van der Waals surface area contributed by atoms with Crippen molar-refractivity contribution in [3.63, 3.8) is 0 Å². The van der Waals surface area contributed by atoms with Crippen molar-refractivity contribution >= 4 is 5.91 Å². The van der Waals surface area contributed by atoms with Gasteiger partial charge in [0.2, 0.25) is 5.91 Å². The van der Waals surface area contributed by atoms with Gasteiger partial charge in [-0.2, -0.15) is 5.10 Å². The van der Waals surface area contributed by atoms with E-state index in [-0.39, 0.29) is 11.8 Å². The summed E-state index contributed by atoms with van der Waals surface area (Å²) in [6, 6.07) is 0. The van der Waals surface area contributed by atoms with Gasteiger partial charge in [-0.1, -0.05) is 13.8 Å². The molecule has 1 aromatic heterocycles. The second kappa shape index (κ2) is 6.70. The Bertz CT molecular complexity index is 424. The molecule has 0 aromatic carbocycles. The summed E-state index contributed by atoms with van der Waals surface area (Å²) in [4.78, 5) is 11.9. The van der Waals surface area contributed by atoms with E-state index in [0.717, 1.165) is 32.4 Å². The Kier molecular flexibility index (Phi) is 4.96. The van der Waals surface area contributed by atoms with Crippen LogP contribution in [0.4, 0.5) is 0 Å². The quantitative estimate of drug-likeness (QED) is 0.848. The van der Waals surface area contributed by atoms with Gasteiger partial charge < -0.3 is 10.1 Å². The van der Waals surface area contributed by atoms with Crippen LogP contribution in [-0.2, 0) is 29.1 Å². The van der Waals surface area contributed by atoms with E-state index < -0.39 is 0 Å². The van der Waals surface area contributed by atoms with Gasteiger partial charge in [-0.05, 0) is 12.8 Å². The van der Waals surface area contributed by atoms with Crippen molar-refractivity contribution in [2.75, 3.05) is 13.2 Å². The number of nitrogens with one attached hydrogen (secondary N) is 1. The summed E-state index contributed by atoms with van der Waals surface area (Å²) in [5.74, 6) is 0.300. The molecule has 0 saturated carbocycles. The maximum absolute atomic E-state index is 11.9. The zero-order chi connectivity index (χ0) is 13.7. The van der Waals surface area contributed by atoms with Gasteiger partial charge in [-0.3, -0.25) is 9.48 Å². The first kappa shape index (κ1) is 14.1. The predicted octanol–water partition coefficient (Wildman–Crippen LogP) is 1.51. The molecule has 0 bridgehead atoms. The smallest absolute Gasteiger partial charge is 0.223 e. The zero-order valence-corrected chi connectivity index (χ0v) is 11.8. The molecule has 1 aliphatic rings. The molecule has 1 amide bonds. The number of rotatable bonds is 6. The minimum absolute atomic E-state index is 0.139. The predicted molar refractivity (Wildman–Crippen MR) is 72.7 cm³/mol. The summed E-state index contributed by atoms with van der Waals surface area (Å²) >= 11 is 0. The van der Waals surface area contributed by atoms with Crippen LogP contribution in [0.5, 0.6) is 0 Å². The summed E-state index contributed by atoms with van der Waals surface area (Å²) in [6.45, 7) is 6.91. The third kappa shape index (κ3) is 3.35. The minimum atomic E-state index is 0.139. The first-order valence-corrected chi connectivity index (χ1v) is 7.15. The number of hydrogen-bond donors (Lipinski definition) is 1. The van der Waals surface area contributed by atoms with Crippen LogP contribution in [0.25, 0.3) is 0 Å². The van der Waals surface area contributed by atoms with Crippen molar-refractivity contribution in [2.45, 2.75) is 46.3 Å². The topological polar surface area (TPSA) is 56.2 Å². The molecule has 1 aliphatic heterocycles. The molecule has 1 N–H and O–H groups in total. The summed E-state index contributed by atoms with van der Waals surface area (Å²) in [5, 5.41) is 7.36. The lowest BCUT2D eigenvalue weighted by Gasteiger charge is -2.16. The lowest BCUT2D eigenvalue weighted by molar-refractivity contribution is -0.125. The molecule has 1 aromatic rings. The monoisotopic (exact) mass is 265 g/mol. The Labute approximate surface area is 114 Å². The molecule has 0 atom stereocenters. The summed E-state index contributed by atoms with van der Waals surface area (Å²) in [5.41, 5.74) is 2.43. The van der Waals surface area contributed by atoms with Gasteiger partial charge in [0.25, 0.3) is 0 Å². The van der Waals surface area contributed by atoms with E-state index in [1.54, 1.807) is 0 Å². The van der Waals surface area contributed by atoms with E-state index in [4.69, 9.17) is 4.74 Å². The van der Waals surface area contributed by atoms with Crippen LogP contribution in [0.2, 0.25) is 0 Å². The fourth-order valence-corrected chi connectivity index (χ4v) is 2.49. The summed E-state index contributed by atoms with van der Waals surface area (Å²) < 4.78 is 7.38. The Morgan fingerprint density at radius 2 is 2.32 bits per heavy atom. The Morgan fingerprint density at radius 1 is 1.53 bits per heavy atom. The average molecular weight is 265 g/mol. The first-order valence-electron chi connectivity index (χ1n) is 7.15. The number of nitrogens with zero attached hydrogens (tertiary/aromatic N) is 2. The molecule has 106 valence electrons. The summed E-state index contributed by atoms with van der Waals surface area (Å²) in [6.07, 6.45) is 4.58. The highest BCUT2D eigenvalue weighted by molar-refractivity contribution is 5.78. The van der Waals surface area contributed by atoms with Crippen LogP contribution in [0.1, 0.15) is 37.9 Å². The van der Waals surface area contributed by atoms with Crippen LogP contribution in [0, 0.1) is 5.92 Å². The number of carbonyl (C=O) groups excluding carboxylic acids is 1. The molecule has 2 heterocycles. The molecule has 0 fully saturated rings. The molecule has 0 radical (unpaired) electrons. The van der Waals surface area contributed by atoms with Crippen LogP contribution in [0.3, 0.4) is 0 Å². The maximum atomic E-state index is 11.9. The summed E-state index contributed by atoms with van der Waals surface area (Å²) in [7, 11) is 0. The van der Waals surface area contributed by atoms with Crippen molar-refractivity contribution < 1.29 is 9.53 Å². The number of aromatic nitrogens is 2.